The molecule has 0 aliphatic carbocycles. The summed E-state index contributed by atoms with van der Waals surface area (Å²) in [7, 11) is 0. The summed E-state index contributed by atoms with van der Waals surface area (Å²) in [6.07, 6.45) is 3.96. The van der Waals surface area contributed by atoms with E-state index in [1.54, 1.807) is 12.1 Å². The number of hydrogen-bond acceptors (Lipinski definition) is 1. The maximum absolute atomic E-state index is 13.0. The van der Waals surface area contributed by atoms with Crippen LogP contribution in [0.1, 0.15) is 11.1 Å². The molecule has 0 bridgehead atoms. The third-order valence-corrected chi connectivity index (χ3v) is 4.19. The molecule has 2 nitrogen and oxygen atoms in total. The molecule has 1 aromatic heterocycles. The maximum Gasteiger partial charge on any atom is 0.123 e. The van der Waals surface area contributed by atoms with Crippen molar-refractivity contribution in [3.05, 3.63) is 102 Å². The van der Waals surface area contributed by atoms with Crippen LogP contribution in [0.2, 0.25) is 0 Å². The lowest BCUT2D eigenvalue weighted by molar-refractivity contribution is 0.628. The van der Waals surface area contributed by atoms with Gasteiger partial charge in [0.25, 0.3) is 0 Å². The number of aromatic nitrogens is 1. The van der Waals surface area contributed by atoms with Crippen LogP contribution in [0.3, 0.4) is 0 Å². The fraction of sp³-hybridized carbons (Fsp3) is 0.0455. The highest BCUT2D eigenvalue weighted by Crippen LogP contribution is 2.22. The van der Waals surface area contributed by atoms with Gasteiger partial charge in [0.05, 0.1) is 5.69 Å². The van der Waals surface area contributed by atoms with Crippen molar-refractivity contribution in [1.82, 2.24) is 4.57 Å². The Hall–Kier alpha value is -3.20. The minimum absolute atomic E-state index is 0.251. The second kappa shape index (κ2) is 6.73. The summed E-state index contributed by atoms with van der Waals surface area (Å²) in [4.78, 5) is 4.48. The van der Waals surface area contributed by atoms with Gasteiger partial charge < -0.3 is 4.57 Å². The minimum atomic E-state index is -0.251. The Morgan fingerprint density at radius 1 is 0.840 bits per heavy atom. The number of nitrogens with zero attached hydrogens (tertiary/aromatic N) is 2. The van der Waals surface area contributed by atoms with Gasteiger partial charge >= 0.3 is 0 Å². The fourth-order valence-electron chi connectivity index (χ4n) is 2.96. The summed E-state index contributed by atoms with van der Waals surface area (Å²) in [5, 5.41) is 1.16. The van der Waals surface area contributed by atoms with E-state index < -0.39 is 0 Å². The first-order valence-electron chi connectivity index (χ1n) is 8.21. The molecule has 0 fully saturated rings. The first-order valence-corrected chi connectivity index (χ1v) is 8.21. The topological polar surface area (TPSA) is 17.3 Å². The second-order valence-electron chi connectivity index (χ2n) is 5.95. The van der Waals surface area contributed by atoms with Crippen molar-refractivity contribution in [3.8, 4) is 0 Å². The zero-order valence-electron chi connectivity index (χ0n) is 13.6. The Morgan fingerprint density at radius 2 is 1.56 bits per heavy atom. The summed E-state index contributed by atoms with van der Waals surface area (Å²) in [6.45, 7) is 0.811. The van der Waals surface area contributed by atoms with Gasteiger partial charge in [-0.3, -0.25) is 4.99 Å². The van der Waals surface area contributed by atoms with E-state index in [1.807, 2.05) is 24.4 Å². The summed E-state index contributed by atoms with van der Waals surface area (Å²) in [6, 6.07) is 24.9. The molecule has 0 aliphatic rings. The van der Waals surface area contributed by atoms with Gasteiger partial charge in [0.2, 0.25) is 0 Å². The van der Waals surface area contributed by atoms with Gasteiger partial charge in [-0.05, 0) is 35.9 Å². The van der Waals surface area contributed by atoms with Crippen LogP contribution in [0.5, 0.6) is 0 Å². The SMILES string of the molecule is Fc1ccc(N=Cc2cn(Cc3ccccc3)c3ccccc23)cc1. The van der Waals surface area contributed by atoms with E-state index in [4.69, 9.17) is 0 Å². The number of fused-ring (bicyclic) bond motifs is 1. The third-order valence-electron chi connectivity index (χ3n) is 4.19. The van der Waals surface area contributed by atoms with E-state index in [0.717, 1.165) is 23.2 Å². The number of aliphatic imine (C=N–C) groups is 1. The lowest BCUT2D eigenvalue weighted by atomic mass is 10.2. The van der Waals surface area contributed by atoms with Crippen molar-refractivity contribution >= 4 is 22.8 Å². The predicted molar refractivity (Wildman–Crippen MR) is 101 cm³/mol. The molecular weight excluding hydrogens is 311 g/mol. The normalized spacial score (nSPS) is 11.4. The highest BCUT2D eigenvalue weighted by molar-refractivity contribution is 6.00. The van der Waals surface area contributed by atoms with Gasteiger partial charge in [-0.25, -0.2) is 4.39 Å². The molecule has 0 spiro atoms. The molecule has 0 unspecified atom stereocenters. The second-order valence-corrected chi connectivity index (χ2v) is 5.95. The molecule has 0 saturated heterocycles. The molecule has 0 atom stereocenters. The molecule has 3 heteroatoms. The molecule has 0 amide bonds. The number of benzene rings is 3. The molecule has 4 aromatic rings. The van der Waals surface area contributed by atoms with Crippen molar-refractivity contribution in [3.63, 3.8) is 0 Å². The van der Waals surface area contributed by atoms with Crippen molar-refractivity contribution in [2.75, 3.05) is 0 Å². The predicted octanol–water partition coefficient (Wildman–Crippen LogP) is 5.58. The van der Waals surface area contributed by atoms with E-state index in [1.165, 1.54) is 23.2 Å². The average Bonchev–Trinajstić information content (AvgIpc) is 3.00. The first-order chi connectivity index (χ1) is 12.3. The van der Waals surface area contributed by atoms with Crippen LogP contribution in [0, 0.1) is 5.82 Å². The number of rotatable bonds is 4. The van der Waals surface area contributed by atoms with E-state index in [0.29, 0.717) is 0 Å². The molecule has 0 saturated carbocycles. The average molecular weight is 328 g/mol. The van der Waals surface area contributed by atoms with Crippen LogP contribution in [0.25, 0.3) is 10.9 Å². The van der Waals surface area contributed by atoms with Crippen LogP contribution < -0.4 is 0 Å². The molecule has 1 heterocycles. The van der Waals surface area contributed by atoms with Crippen molar-refractivity contribution < 1.29 is 4.39 Å². The van der Waals surface area contributed by atoms with Crippen molar-refractivity contribution in [2.45, 2.75) is 6.54 Å². The highest BCUT2D eigenvalue weighted by Gasteiger charge is 2.07. The molecule has 3 aromatic carbocycles. The maximum atomic E-state index is 13.0. The number of halogens is 1. The molecule has 4 rings (SSSR count). The number of para-hydroxylation sites is 1. The molecular formula is C22H17FN2. The summed E-state index contributed by atoms with van der Waals surface area (Å²) < 4.78 is 15.2. The smallest absolute Gasteiger partial charge is 0.123 e. The number of hydrogen-bond donors (Lipinski definition) is 0. The zero-order chi connectivity index (χ0) is 17.1. The Balaban J connectivity index is 1.70. The summed E-state index contributed by atoms with van der Waals surface area (Å²) >= 11 is 0. The third kappa shape index (κ3) is 3.36. The summed E-state index contributed by atoms with van der Waals surface area (Å²) in [5.74, 6) is -0.251. The van der Waals surface area contributed by atoms with Gasteiger partial charge in [0, 0.05) is 35.4 Å². The quantitative estimate of drug-likeness (QED) is 0.435. The monoisotopic (exact) mass is 328 g/mol. The lowest BCUT2D eigenvalue weighted by Crippen LogP contribution is -1.97. The molecule has 122 valence electrons. The Kier molecular flexibility index (Phi) is 4.13. The molecule has 0 aliphatic heterocycles. The van der Waals surface area contributed by atoms with Crippen molar-refractivity contribution in [1.29, 1.82) is 0 Å². The standard InChI is InChI=1S/C22H17FN2/c23-19-10-12-20(13-11-19)24-14-18-16-25(15-17-6-2-1-3-7-17)22-9-5-4-8-21(18)22/h1-14,16H,15H2. The zero-order valence-corrected chi connectivity index (χ0v) is 13.6. The Bertz CT molecular complexity index is 1020. The molecule has 25 heavy (non-hydrogen) atoms. The Labute approximate surface area is 145 Å². The van der Waals surface area contributed by atoms with Gasteiger partial charge in [-0.15, -0.1) is 0 Å². The van der Waals surface area contributed by atoms with E-state index in [9.17, 15) is 4.39 Å². The van der Waals surface area contributed by atoms with E-state index >= 15 is 0 Å². The van der Waals surface area contributed by atoms with E-state index in [-0.39, 0.29) is 5.82 Å². The first kappa shape index (κ1) is 15.3. The largest absolute Gasteiger partial charge is 0.342 e. The molecule has 0 N–H and O–H groups in total. The van der Waals surface area contributed by atoms with Crippen LogP contribution >= 0.6 is 0 Å². The van der Waals surface area contributed by atoms with Crippen LogP contribution in [0.15, 0.2) is 90.1 Å². The van der Waals surface area contributed by atoms with Crippen LogP contribution in [-0.4, -0.2) is 10.8 Å². The van der Waals surface area contributed by atoms with Crippen molar-refractivity contribution in [2.24, 2.45) is 4.99 Å². The lowest BCUT2D eigenvalue weighted by Gasteiger charge is -2.05. The van der Waals surface area contributed by atoms with Gasteiger partial charge in [-0.1, -0.05) is 48.5 Å². The fourth-order valence-corrected chi connectivity index (χ4v) is 2.96. The van der Waals surface area contributed by atoms with Gasteiger partial charge in [0.15, 0.2) is 0 Å². The molecule has 0 radical (unpaired) electrons. The van der Waals surface area contributed by atoms with Gasteiger partial charge in [-0.2, -0.15) is 0 Å². The van der Waals surface area contributed by atoms with Gasteiger partial charge in [0.1, 0.15) is 5.82 Å². The van der Waals surface area contributed by atoms with Crippen LogP contribution in [0.4, 0.5) is 10.1 Å². The Morgan fingerprint density at radius 3 is 2.36 bits per heavy atom. The van der Waals surface area contributed by atoms with E-state index in [2.05, 4.69) is 52.2 Å². The van der Waals surface area contributed by atoms with Crippen LogP contribution in [-0.2, 0) is 6.54 Å². The summed E-state index contributed by atoms with van der Waals surface area (Å²) in [5.41, 5.74) is 4.22. The highest BCUT2D eigenvalue weighted by atomic mass is 19.1. The minimum Gasteiger partial charge on any atom is -0.342 e.